The van der Waals surface area contributed by atoms with Gasteiger partial charge in [-0.15, -0.1) is 6.58 Å². The highest BCUT2D eigenvalue weighted by molar-refractivity contribution is 5.09. The Kier molecular flexibility index (Phi) is 4.89. The first kappa shape index (κ1) is 8.22. The fraction of sp³-hybridized carbons (Fsp3) is 0.429. The van der Waals surface area contributed by atoms with E-state index in [2.05, 4.69) is 18.4 Å². The van der Waals surface area contributed by atoms with Gasteiger partial charge in [0.05, 0.1) is 12.5 Å². The zero-order valence-electron chi connectivity index (χ0n) is 5.17. The fourth-order valence-corrected chi connectivity index (χ4v) is 0.356. The van der Waals surface area contributed by atoms with Gasteiger partial charge in [-0.1, -0.05) is 17.9 Å². The second-order valence-corrected chi connectivity index (χ2v) is 1.50. The predicted octanol–water partition coefficient (Wildman–Crippen LogP) is -0.223. The molecular formula is C7H10O2. The standard InChI is InChI=1S/C7H10O2/c1-2-7(6-9)4-3-5-8/h2,7-9H,1,5-6H2. The first-order valence-electron chi connectivity index (χ1n) is 2.67. The molecule has 0 aromatic carbocycles. The van der Waals surface area contributed by atoms with Crippen LogP contribution in [0, 0.1) is 17.8 Å². The van der Waals surface area contributed by atoms with Crippen LogP contribution < -0.4 is 0 Å². The summed E-state index contributed by atoms with van der Waals surface area (Å²) in [6, 6.07) is 0. The van der Waals surface area contributed by atoms with Crippen molar-refractivity contribution in [1.82, 2.24) is 0 Å². The highest BCUT2D eigenvalue weighted by Crippen LogP contribution is 1.90. The van der Waals surface area contributed by atoms with Crippen LogP contribution in [0.2, 0.25) is 0 Å². The van der Waals surface area contributed by atoms with Crippen molar-refractivity contribution in [2.45, 2.75) is 0 Å². The Bertz CT molecular complexity index is 130. The minimum absolute atomic E-state index is 0.0312. The van der Waals surface area contributed by atoms with Crippen molar-refractivity contribution >= 4 is 0 Å². The molecule has 2 N–H and O–H groups in total. The SMILES string of the molecule is C=CC(C#CCO)CO. The van der Waals surface area contributed by atoms with Gasteiger partial charge in [-0.05, 0) is 0 Å². The van der Waals surface area contributed by atoms with Crippen LogP contribution in [0.3, 0.4) is 0 Å². The molecule has 0 aliphatic carbocycles. The highest BCUT2D eigenvalue weighted by atomic mass is 16.3. The Balaban J connectivity index is 3.67. The molecule has 0 bridgehead atoms. The maximum absolute atomic E-state index is 8.50. The first-order valence-corrected chi connectivity index (χ1v) is 2.67. The van der Waals surface area contributed by atoms with Crippen LogP contribution in [0.15, 0.2) is 12.7 Å². The molecule has 0 aliphatic heterocycles. The van der Waals surface area contributed by atoms with E-state index in [-0.39, 0.29) is 19.1 Å². The molecule has 0 fully saturated rings. The molecule has 0 rings (SSSR count). The highest BCUT2D eigenvalue weighted by Gasteiger charge is 1.92. The Hall–Kier alpha value is -0.780. The van der Waals surface area contributed by atoms with Gasteiger partial charge in [-0.3, -0.25) is 0 Å². The summed E-state index contributed by atoms with van der Waals surface area (Å²) in [5.41, 5.74) is 0. The topological polar surface area (TPSA) is 40.5 Å². The van der Waals surface area contributed by atoms with E-state index in [9.17, 15) is 0 Å². The number of aliphatic hydroxyl groups is 2. The zero-order valence-corrected chi connectivity index (χ0v) is 5.17. The molecule has 0 spiro atoms. The van der Waals surface area contributed by atoms with Crippen LogP contribution in [0.25, 0.3) is 0 Å². The lowest BCUT2D eigenvalue weighted by Gasteiger charge is -1.94. The molecule has 9 heavy (non-hydrogen) atoms. The van der Waals surface area contributed by atoms with Crippen molar-refractivity contribution < 1.29 is 10.2 Å². The van der Waals surface area contributed by atoms with Gasteiger partial charge in [0.15, 0.2) is 0 Å². The average molecular weight is 126 g/mol. The van der Waals surface area contributed by atoms with Gasteiger partial charge in [0, 0.05) is 0 Å². The van der Waals surface area contributed by atoms with Crippen LogP contribution in [0.4, 0.5) is 0 Å². The normalized spacial score (nSPS) is 11.3. The van der Waals surface area contributed by atoms with Gasteiger partial charge < -0.3 is 10.2 Å². The van der Waals surface area contributed by atoms with Gasteiger partial charge >= 0.3 is 0 Å². The summed E-state index contributed by atoms with van der Waals surface area (Å²) in [7, 11) is 0. The molecule has 1 unspecified atom stereocenters. The molecule has 0 heterocycles. The third-order valence-corrected chi connectivity index (χ3v) is 0.848. The lowest BCUT2D eigenvalue weighted by molar-refractivity contribution is 0.277. The Morgan fingerprint density at radius 2 is 2.22 bits per heavy atom. The molecule has 50 valence electrons. The Labute approximate surface area is 54.8 Å². The van der Waals surface area contributed by atoms with Gasteiger partial charge in [-0.2, -0.15) is 0 Å². The first-order chi connectivity index (χ1) is 4.35. The number of hydrogen-bond acceptors (Lipinski definition) is 2. The summed E-state index contributed by atoms with van der Waals surface area (Å²) in [5, 5.41) is 16.7. The molecule has 0 aliphatic rings. The van der Waals surface area contributed by atoms with Gasteiger partial charge in [-0.25, -0.2) is 0 Å². The quantitative estimate of drug-likeness (QED) is 0.396. The molecule has 0 saturated heterocycles. The molecule has 0 radical (unpaired) electrons. The lowest BCUT2D eigenvalue weighted by Crippen LogP contribution is -1.97. The van der Waals surface area contributed by atoms with E-state index in [0.717, 1.165) is 0 Å². The van der Waals surface area contributed by atoms with Gasteiger partial charge in [0.1, 0.15) is 6.61 Å². The lowest BCUT2D eigenvalue weighted by atomic mass is 10.2. The van der Waals surface area contributed by atoms with E-state index in [0.29, 0.717) is 0 Å². The largest absolute Gasteiger partial charge is 0.395 e. The smallest absolute Gasteiger partial charge is 0.104 e. The summed E-state index contributed by atoms with van der Waals surface area (Å²) < 4.78 is 0. The predicted molar refractivity (Wildman–Crippen MR) is 35.6 cm³/mol. The summed E-state index contributed by atoms with van der Waals surface area (Å²) in [6.45, 7) is 3.25. The second kappa shape index (κ2) is 5.36. The van der Waals surface area contributed by atoms with Crippen LogP contribution >= 0.6 is 0 Å². The van der Waals surface area contributed by atoms with Crippen LogP contribution in [-0.4, -0.2) is 23.4 Å². The number of rotatable bonds is 2. The third-order valence-electron chi connectivity index (χ3n) is 0.848. The molecule has 1 atom stereocenters. The molecule has 2 nitrogen and oxygen atoms in total. The Morgan fingerprint density at radius 3 is 2.56 bits per heavy atom. The minimum atomic E-state index is -0.197. The van der Waals surface area contributed by atoms with E-state index in [1.54, 1.807) is 6.08 Å². The van der Waals surface area contributed by atoms with E-state index in [1.165, 1.54) is 0 Å². The van der Waals surface area contributed by atoms with E-state index in [4.69, 9.17) is 10.2 Å². The number of aliphatic hydroxyl groups excluding tert-OH is 2. The summed E-state index contributed by atoms with van der Waals surface area (Å²) in [5.74, 6) is 4.83. The zero-order chi connectivity index (χ0) is 7.11. The molecule has 0 aromatic heterocycles. The molecule has 0 saturated carbocycles. The van der Waals surface area contributed by atoms with Crippen molar-refractivity contribution in [1.29, 1.82) is 0 Å². The van der Waals surface area contributed by atoms with Gasteiger partial charge in [0.2, 0.25) is 0 Å². The van der Waals surface area contributed by atoms with Crippen molar-refractivity contribution in [3.8, 4) is 11.8 Å². The van der Waals surface area contributed by atoms with Crippen molar-refractivity contribution in [2.75, 3.05) is 13.2 Å². The maximum Gasteiger partial charge on any atom is 0.104 e. The van der Waals surface area contributed by atoms with E-state index >= 15 is 0 Å². The maximum atomic E-state index is 8.50. The van der Waals surface area contributed by atoms with Crippen LogP contribution in [-0.2, 0) is 0 Å². The van der Waals surface area contributed by atoms with Crippen LogP contribution in [0.1, 0.15) is 0 Å². The second-order valence-electron chi connectivity index (χ2n) is 1.50. The summed E-state index contributed by atoms with van der Waals surface area (Å²) >= 11 is 0. The fourth-order valence-electron chi connectivity index (χ4n) is 0.356. The van der Waals surface area contributed by atoms with Gasteiger partial charge in [0.25, 0.3) is 0 Å². The number of hydrogen-bond donors (Lipinski definition) is 2. The summed E-state index contributed by atoms with van der Waals surface area (Å²) in [6.07, 6.45) is 1.54. The van der Waals surface area contributed by atoms with E-state index < -0.39 is 0 Å². The molecular weight excluding hydrogens is 116 g/mol. The molecule has 2 heteroatoms. The van der Waals surface area contributed by atoms with E-state index in [1.807, 2.05) is 0 Å². The average Bonchev–Trinajstić information content (AvgIpc) is 1.91. The van der Waals surface area contributed by atoms with Crippen molar-refractivity contribution in [2.24, 2.45) is 5.92 Å². The van der Waals surface area contributed by atoms with Crippen molar-refractivity contribution in [3.05, 3.63) is 12.7 Å². The third kappa shape index (κ3) is 3.77. The monoisotopic (exact) mass is 126 g/mol. The Morgan fingerprint density at radius 1 is 1.56 bits per heavy atom. The minimum Gasteiger partial charge on any atom is -0.395 e. The summed E-state index contributed by atoms with van der Waals surface area (Å²) in [4.78, 5) is 0. The van der Waals surface area contributed by atoms with Crippen LogP contribution in [0.5, 0.6) is 0 Å². The van der Waals surface area contributed by atoms with Crippen molar-refractivity contribution in [3.63, 3.8) is 0 Å². The molecule has 0 amide bonds. The molecule has 0 aromatic rings.